The van der Waals surface area contributed by atoms with Gasteiger partial charge in [-0.15, -0.1) is 0 Å². The van der Waals surface area contributed by atoms with E-state index in [1.165, 1.54) is 0 Å². The van der Waals surface area contributed by atoms with E-state index < -0.39 is 23.7 Å². The van der Waals surface area contributed by atoms with Crippen molar-refractivity contribution in [3.63, 3.8) is 0 Å². The van der Waals surface area contributed by atoms with E-state index in [4.69, 9.17) is 4.74 Å². The third-order valence-electron chi connectivity index (χ3n) is 2.03. The zero-order valence-corrected chi connectivity index (χ0v) is 10.6. The van der Waals surface area contributed by atoms with Crippen LogP contribution in [0.5, 0.6) is 0 Å². The van der Waals surface area contributed by atoms with E-state index in [1.807, 2.05) is 0 Å². The van der Waals surface area contributed by atoms with Gasteiger partial charge in [-0.05, 0) is 26.3 Å². The van der Waals surface area contributed by atoms with Crippen LogP contribution in [0.4, 0.5) is 4.79 Å². The number of rotatable bonds is 3. The maximum atomic E-state index is 11.5. The molecule has 1 aromatic rings. The molecule has 0 saturated carbocycles. The highest BCUT2D eigenvalue weighted by Gasteiger charge is 2.20. The van der Waals surface area contributed by atoms with Crippen LogP contribution in [-0.4, -0.2) is 17.7 Å². The lowest BCUT2D eigenvalue weighted by atomic mass is 10.1. The molecule has 0 aliphatic heterocycles. The molecular weight excluding hydrogens is 234 g/mol. The fourth-order valence-corrected chi connectivity index (χ4v) is 1.35. The van der Waals surface area contributed by atoms with Crippen LogP contribution >= 0.6 is 0 Å². The Morgan fingerprint density at radius 2 is 1.78 bits per heavy atom. The fourth-order valence-electron chi connectivity index (χ4n) is 1.35. The largest absolute Gasteiger partial charge is 0.548 e. The number of carbonyl (C=O) groups excluding carboxylic acids is 2. The van der Waals surface area contributed by atoms with Crippen LogP contribution in [0.15, 0.2) is 30.3 Å². The maximum Gasteiger partial charge on any atom is 0.408 e. The number of hydrogen-bond acceptors (Lipinski definition) is 4. The second-order valence-electron chi connectivity index (χ2n) is 4.81. The van der Waals surface area contributed by atoms with E-state index in [0.717, 1.165) is 0 Å². The number of hydrogen-bond donors (Lipinski definition) is 1. The van der Waals surface area contributed by atoms with Crippen molar-refractivity contribution in [1.82, 2.24) is 5.32 Å². The Bertz CT molecular complexity index is 422. The number of carboxylic acid groups (broad SMARTS) is 1. The first-order chi connectivity index (χ1) is 8.29. The van der Waals surface area contributed by atoms with Crippen molar-refractivity contribution in [2.24, 2.45) is 0 Å². The van der Waals surface area contributed by atoms with Crippen molar-refractivity contribution >= 4 is 12.1 Å². The van der Waals surface area contributed by atoms with Crippen molar-refractivity contribution in [3.8, 4) is 0 Å². The SMILES string of the molecule is CC(C)(C)OC(=O)N[C@@H](C(=O)[O-])c1ccccc1. The van der Waals surface area contributed by atoms with Gasteiger partial charge in [0.15, 0.2) is 0 Å². The molecule has 5 heteroatoms. The van der Waals surface area contributed by atoms with Crippen LogP contribution in [0.1, 0.15) is 32.4 Å². The third kappa shape index (κ3) is 4.45. The summed E-state index contributed by atoms with van der Waals surface area (Å²) in [7, 11) is 0. The smallest absolute Gasteiger partial charge is 0.408 e. The van der Waals surface area contributed by atoms with Gasteiger partial charge in [0, 0.05) is 0 Å². The Morgan fingerprint density at radius 3 is 2.22 bits per heavy atom. The lowest BCUT2D eigenvalue weighted by Gasteiger charge is -2.24. The van der Waals surface area contributed by atoms with Gasteiger partial charge < -0.3 is 20.0 Å². The van der Waals surface area contributed by atoms with Gasteiger partial charge in [0.05, 0.1) is 12.0 Å². The number of carbonyl (C=O) groups is 2. The zero-order chi connectivity index (χ0) is 13.8. The molecule has 0 fully saturated rings. The summed E-state index contributed by atoms with van der Waals surface area (Å²) in [4.78, 5) is 22.5. The van der Waals surface area contributed by atoms with E-state index in [1.54, 1.807) is 51.1 Å². The van der Waals surface area contributed by atoms with Crippen LogP contribution in [-0.2, 0) is 9.53 Å². The van der Waals surface area contributed by atoms with Gasteiger partial charge in [0.2, 0.25) is 0 Å². The minimum absolute atomic E-state index is 0.434. The normalized spacial score (nSPS) is 12.6. The van der Waals surface area contributed by atoms with E-state index in [2.05, 4.69) is 5.32 Å². The Labute approximate surface area is 106 Å². The molecule has 0 saturated heterocycles. The number of ether oxygens (including phenoxy) is 1. The predicted octanol–water partition coefficient (Wildman–Crippen LogP) is 1.00. The van der Waals surface area contributed by atoms with Crippen molar-refractivity contribution < 1.29 is 19.4 Å². The van der Waals surface area contributed by atoms with E-state index in [-0.39, 0.29) is 0 Å². The first-order valence-electron chi connectivity index (χ1n) is 5.55. The number of carboxylic acids is 1. The second-order valence-corrected chi connectivity index (χ2v) is 4.81. The Morgan fingerprint density at radius 1 is 1.22 bits per heavy atom. The summed E-state index contributed by atoms with van der Waals surface area (Å²) in [6.07, 6.45) is -0.791. The van der Waals surface area contributed by atoms with Gasteiger partial charge in [-0.3, -0.25) is 0 Å². The van der Waals surface area contributed by atoms with Gasteiger partial charge in [-0.2, -0.15) is 0 Å². The summed E-state index contributed by atoms with van der Waals surface area (Å²) in [6, 6.07) is 7.09. The van der Waals surface area contributed by atoms with Gasteiger partial charge in [0.1, 0.15) is 5.60 Å². The third-order valence-corrected chi connectivity index (χ3v) is 2.03. The molecule has 0 bridgehead atoms. The summed E-state index contributed by atoms with van der Waals surface area (Å²) in [5, 5.41) is 13.3. The Hall–Kier alpha value is -2.04. The minimum Gasteiger partial charge on any atom is -0.548 e. The molecule has 1 amide bonds. The predicted molar refractivity (Wildman–Crippen MR) is 63.6 cm³/mol. The van der Waals surface area contributed by atoms with Crippen molar-refractivity contribution in [2.45, 2.75) is 32.4 Å². The molecule has 0 radical (unpaired) electrons. The number of alkyl carbamates (subject to hydrolysis) is 1. The van der Waals surface area contributed by atoms with Gasteiger partial charge in [0.25, 0.3) is 0 Å². The molecule has 0 unspecified atom stereocenters. The lowest BCUT2D eigenvalue weighted by Crippen LogP contribution is -2.43. The van der Waals surface area contributed by atoms with Crippen LogP contribution in [0, 0.1) is 0 Å². The molecule has 5 nitrogen and oxygen atoms in total. The van der Waals surface area contributed by atoms with E-state index in [0.29, 0.717) is 5.56 Å². The topological polar surface area (TPSA) is 78.5 Å². The molecular formula is C13H16NO4-. The van der Waals surface area contributed by atoms with Crippen LogP contribution in [0.25, 0.3) is 0 Å². The van der Waals surface area contributed by atoms with Gasteiger partial charge in [-0.1, -0.05) is 30.3 Å². The van der Waals surface area contributed by atoms with Crippen LogP contribution in [0.2, 0.25) is 0 Å². The highest BCUT2D eigenvalue weighted by molar-refractivity contribution is 5.80. The van der Waals surface area contributed by atoms with Gasteiger partial charge >= 0.3 is 6.09 Å². The van der Waals surface area contributed by atoms with Crippen molar-refractivity contribution in [3.05, 3.63) is 35.9 Å². The second kappa shape index (κ2) is 5.53. The summed E-state index contributed by atoms with van der Waals surface area (Å²) in [6.45, 7) is 5.09. The molecule has 1 aromatic carbocycles. The summed E-state index contributed by atoms with van der Waals surface area (Å²) in [5.74, 6) is -1.38. The van der Waals surface area contributed by atoms with E-state index >= 15 is 0 Å². The quantitative estimate of drug-likeness (QED) is 0.868. The molecule has 0 heterocycles. The summed E-state index contributed by atoms with van der Waals surface area (Å²) in [5.41, 5.74) is -0.250. The summed E-state index contributed by atoms with van der Waals surface area (Å²) < 4.78 is 5.00. The first-order valence-corrected chi connectivity index (χ1v) is 5.55. The van der Waals surface area contributed by atoms with Crippen LogP contribution < -0.4 is 10.4 Å². The first kappa shape index (κ1) is 14.0. The average Bonchev–Trinajstić information content (AvgIpc) is 2.24. The molecule has 0 aliphatic rings. The number of benzene rings is 1. The molecule has 0 aromatic heterocycles. The molecule has 1 N–H and O–H groups in total. The molecule has 0 spiro atoms. The highest BCUT2D eigenvalue weighted by Crippen LogP contribution is 2.13. The maximum absolute atomic E-state index is 11.5. The molecule has 1 atom stereocenters. The molecule has 0 aliphatic carbocycles. The van der Waals surface area contributed by atoms with Crippen molar-refractivity contribution in [2.75, 3.05) is 0 Å². The van der Waals surface area contributed by atoms with Gasteiger partial charge in [-0.25, -0.2) is 4.79 Å². The zero-order valence-electron chi connectivity index (χ0n) is 10.6. The van der Waals surface area contributed by atoms with Crippen LogP contribution in [0.3, 0.4) is 0 Å². The molecule has 1 rings (SSSR count). The monoisotopic (exact) mass is 250 g/mol. The van der Waals surface area contributed by atoms with Crippen molar-refractivity contribution in [1.29, 1.82) is 0 Å². The molecule has 18 heavy (non-hydrogen) atoms. The minimum atomic E-state index is -1.38. The van der Waals surface area contributed by atoms with E-state index in [9.17, 15) is 14.7 Å². The summed E-state index contributed by atoms with van der Waals surface area (Å²) >= 11 is 0. The standard InChI is InChI=1S/C13H17NO4/c1-13(2,3)18-12(17)14-10(11(15)16)9-7-5-4-6-8-9/h4-8,10H,1-3H3,(H,14,17)(H,15,16)/p-1/t10-/m1/s1. The number of nitrogens with one attached hydrogen (secondary N) is 1. The molecule has 98 valence electrons. The Balaban J connectivity index is 2.77. The average molecular weight is 250 g/mol. The number of aliphatic carboxylic acids is 1. The number of amides is 1. The fraction of sp³-hybridized carbons (Fsp3) is 0.385. The lowest BCUT2D eigenvalue weighted by molar-refractivity contribution is -0.308. The highest BCUT2D eigenvalue weighted by atomic mass is 16.6. The Kier molecular flexibility index (Phi) is 4.31.